The first-order valence-electron chi connectivity index (χ1n) is 5.35. The van der Waals surface area contributed by atoms with Crippen molar-refractivity contribution in [2.24, 2.45) is 16.7 Å². The molecule has 4 heteroatoms. The smallest absolute Gasteiger partial charge is 0.315 e. The van der Waals surface area contributed by atoms with Crippen LogP contribution in [0.3, 0.4) is 0 Å². The van der Waals surface area contributed by atoms with E-state index in [2.05, 4.69) is 33.0 Å². The fraction of sp³-hybridized carbons (Fsp3) is 0.818. The highest BCUT2D eigenvalue weighted by Gasteiger charge is 2.65. The first kappa shape index (κ1) is 10.5. The summed E-state index contributed by atoms with van der Waals surface area (Å²) in [6.07, 6.45) is 0. The van der Waals surface area contributed by atoms with Crippen LogP contribution in [0.5, 0.6) is 0 Å². The summed E-state index contributed by atoms with van der Waals surface area (Å²) in [6, 6.07) is -0.237. The van der Waals surface area contributed by atoms with Gasteiger partial charge in [-0.3, -0.25) is 10.1 Å². The lowest BCUT2D eigenvalue weighted by atomic mass is 10.0. The maximum absolute atomic E-state index is 11.4. The zero-order chi connectivity index (χ0) is 11.4. The van der Waals surface area contributed by atoms with Crippen molar-refractivity contribution >= 4 is 11.9 Å². The number of nitrogens with zero attached hydrogens (tertiary/aromatic N) is 1. The van der Waals surface area contributed by atoms with Crippen LogP contribution in [-0.2, 0) is 4.79 Å². The van der Waals surface area contributed by atoms with Crippen LogP contribution >= 0.6 is 0 Å². The summed E-state index contributed by atoms with van der Waals surface area (Å²) in [5, 5.41) is 2.30. The molecule has 0 unspecified atom stereocenters. The predicted octanol–water partition coefficient (Wildman–Crippen LogP) is 1.22. The monoisotopic (exact) mass is 210 g/mol. The van der Waals surface area contributed by atoms with Gasteiger partial charge < -0.3 is 4.90 Å². The summed E-state index contributed by atoms with van der Waals surface area (Å²) in [5.74, 6) is 0.304. The fourth-order valence-corrected chi connectivity index (χ4v) is 2.64. The normalized spacial score (nSPS) is 28.1. The van der Waals surface area contributed by atoms with Gasteiger partial charge in [-0.05, 0) is 16.7 Å². The summed E-state index contributed by atoms with van der Waals surface area (Å²) >= 11 is 0. The van der Waals surface area contributed by atoms with Gasteiger partial charge in [-0.2, -0.15) is 0 Å². The third kappa shape index (κ3) is 1.34. The minimum absolute atomic E-state index is 0.184. The van der Waals surface area contributed by atoms with Crippen LogP contribution in [0.25, 0.3) is 0 Å². The van der Waals surface area contributed by atoms with Crippen molar-refractivity contribution < 1.29 is 9.59 Å². The molecule has 0 atom stereocenters. The van der Waals surface area contributed by atoms with Crippen molar-refractivity contribution in [3.63, 3.8) is 0 Å². The van der Waals surface area contributed by atoms with Gasteiger partial charge in [0.25, 0.3) is 0 Å². The highest BCUT2D eigenvalue weighted by molar-refractivity contribution is 6.01. The Morgan fingerprint density at radius 2 is 1.80 bits per heavy atom. The zero-order valence-electron chi connectivity index (χ0n) is 9.76. The maximum atomic E-state index is 11.4. The molecule has 0 spiro atoms. The van der Waals surface area contributed by atoms with Crippen LogP contribution in [0.15, 0.2) is 0 Å². The summed E-state index contributed by atoms with van der Waals surface area (Å²) in [7, 11) is 0. The first-order valence-corrected chi connectivity index (χ1v) is 5.35. The Labute approximate surface area is 90.0 Å². The molecule has 4 nitrogen and oxygen atoms in total. The number of carbonyl (C=O) groups excluding carboxylic acids is 2. The highest BCUT2D eigenvalue weighted by Crippen LogP contribution is 2.68. The molecule has 1 N–H and O–H groups in total. The van der Waals surface area contributed by atoms with Crippen LogP contribution in [0.2, 0.25) is 0 Å². The van der Waals surface area contributed by atoms with Crippen molar-refractivity contribution in [3.05, 3.63) is 0 Å². The van der Waals surface area contributed by atoms with Gasteiger partial charge in [0.2, 0.25) is 5.91 Å². The quantitative estimate of drug-likeness (QED) is 0.697. The molecule has 2 fully saturated rings. The van der Waals surface area contributed by atoms with E-state index in [0.717, 1.165) is 0 Å². The highest BCUT2D eigenvalue weighted by atomic mass is 16.2. The minimum atomic E-state index is -0.237. The van der Waals surface area contributed by atoms with Crippen LogP contribution in [-0.4, -0.2) is 29.9 Å². The molecule has 1 aliphatic heterocycles. The molecule has 1 aliphatic carbocycles. The maximum Gasteiger partial charge on any atom is 0.324 e. The number of carbonyl (C=O) groups is 2. The van der Waals surface area contributed by atoms with Gasteiger partial charge >= 0.3 is 6.03 Å². The average molecular weight is 210 g/mol. The first-order chi connectivity index (χ1) is 6.76. The Bertz CT molecular complexity index is 319. The summed E-state index contributed by atoms with van der Waals surface area (Å²) in [6.45, 7) is 9.78. The van der Waals surface area contributed by atoms with E-state index in [1.165, 1.54) is 0 Å². The molecular formula is C11H18N2O2. The number of hydrogen-bond acceptors (Lipinski definition) is 2. The van der Waals surface area contributed by atoms with E-state index in [1.807, 2.05) is 0 Å². The number of amides is 3. The van der Waals surface area contributed by atoms with Crippen molar-refractivity contribution in [2.75, 3.05) is 13.1 Å². The van der Waals surface area contributed by atoms with Gasteiger partial charge in [0, 0.05) is 6.54 Å². The van der Waals surface area contributed by atoms with Gasteiger partial charge in [0.05, 0.1) is 0 Å². The standard InChI is InChI=1S/C11H18N2O2/c1-10(2)7(11(10,3)4)5-13-6-8(14)12-9(13)15/h7H,5-6H2,1-4H3,(H,12,14,15). The molecule has 15 heavy (non-hydrogen) atoms. The minimum Gasteiger partial charge on any atom is -0.315 e. The molecule has 2 aliphatic rings. The van der Waals surface area contributed by atoms with Crippen LogP contribution in [0.1, 0.15) is 27.7 Å². The number of imide groups is 1. The second-order valence-electron chi connectivity index (χ2n) is 5.73. The zero-order valence-corrected chi connectivity index (χ0v) is 9.76. The van der Waals surface area contributed by atoms with Gasteiger partial charge in [-0.15, -0.1) is 0 Å². The molecular weight excluding hydrogens is 192 g/mol. The topological polar surface area (TPSA) is 49.4 Å². The van der Waals surface area contributed by atoms with Gasteiger partial charge in [0.15, 0.2) is 0 Å². The van der Waals surface area contributed by atoms with E-state index >= 15 is 0 Å². The van der Waals surface area contributed by atoms with Gasteiger partial charge in [-0.25, -0.2) is 4.79 Å². The lowest BCUT2D eigenvalue weighted by molar-refractivity contribution is -0.118. The van der Waals surface area contributed by atoms with Crippen molar-refractivity contribution in [3.8, 4) is 0 Å². The van der Waals surface area contributed by atoms with Crippen LogP contribution in [0.4, 0.5) is 4.79 Å². The number of nitrogens with one attached hydrogen (secondary N) is 1. The molecule has 1 saturated carbocycles. The van der Waals surface area contributed by atoms with Crippen molar-refractivity contribution in [1.82, 2.24) is 10.2 Å². The molecule has 0 bridgehead atoms. The molecule has 1 saturated heterocycles. The Hall–Kier alpha value is -1.06. The largest absolute Gasteiger partial charge is 0.324 e. The lowest BCUT2D eigenvalue weighted by Gasteiger charge is -2.13. The molecule has 0 aromatic rings. The summed E-state index contributed by atoms with van der Waals surface area (Å²) in [5.41, 5.74) is 0.526. The Morgan fingerprint density at radius 1 is 1.27 bits per heavy atom. The number of hydrogen-bond donors (Lipinski definition) is 1. The van der Waals surface area contributed by atoms with Crippen LogP contribution < -0.4 is 5.32 Å². The van der Waals surface area contributed by atoms with E-state index in [1.54, 1.807) is 4.90 Å². The van der Waals surface area contributed by atoms with E-state index in [4.69, 9.17) is 0 Å². The predicted molar refractivity (Wildman–Crippen MR) is 56.2 cm³/mol. The van der Waals surface area contributed by atoms with E-state index < -0.39 is 0 Å². The van der Waals surface area contributed by atoms with Crippen molar-refractivity contribution in [2.45, 2.75) is 27.7 Å². The molecule has 0 aromatic heterocycles. The fourth-order valence-electron chi connectivity index (χ4n) is 2.64. The van der Waals surface area contributed by atoms with Gasteiger partial charge in [0.1, 0.15) is 6.54 Å². The number of rotatable bonds is 2. The van der Waals surface area contributed by atoms with E-state index in [-0.39, 0.29) is 29.3 Å². The molecule has 0 radical (unpaired) electrons. The molecule has 84 valence electrons. The van der Waals surface area contributed by atoms with Crippen molar-refractivity contribution in [1.29, 1.82) is 0 Å². The summed E-state index contributed by atoms with van der Waals surface area (Å²) in [4.78, 5) is 24.0. The average Bonchev–Trinajstić information content (AvgIpc) is 2.41. The molecule has 2 rings (SSSR count). The second kappa shape index (κ2) is 2.74. The second-order valence-corrected chi connectivity index (χ2v) is 5.73. The Kier molecular flexibility index (Phi) is 1.91. The molecule has 0 aromatic carbocycles. The Balaban J connectivity index is 2.01. The third-order valence-corrected chi connectivity index (χ3v) is 4.59. The number of urea groups is 1. The van der Waals surface area contributed by atoms with Gasteiger partial charge in [-0.1, -0.05) is 27.7 Å². The van der Waals surface area contributed by atoms with E-state index in [0.29, 0.717) is 12.5 Å². The molecule has 3 amide bonds. The van der Waals surface area contributed by atoms with Crippen LogP contribution in [0, 0.1) is 16.7 Å². The third-order valence-electron chi connectivity index (χ3n) is 4.59. The Morgan fingerprint density at radius 3 is 2.13 bits per heavy atom. The summed E-state index contributed by atoms with van der Waals surface area (Å²) < 4.78 is 0. The lowest BCUT2D eigenvalue weighted by Crippen LogP contribution is -2.31. The molecule has 1 heterocycles. The SMILES string of the molecule is CC1(C)C(CN2CC(=O)NC2=O)C1(C)C. The van der Waals surface area contributed by atoms with E-state index in [9.17, 15) is 9.59 Å².